The highest BCUT2D eigenvalue weighted by Gasteiger charge is 2.07. The van der Waals surface area contributed by atoms with E-state index in [0.29, 0.717) is 10.6 Å². The van der Waals surface area contributed by atoms with Crippen LogP contribution in [-0.2, 0) is 0 Å². The van der Waals surface area contributed by atoms with Crippen LogP contribution in [0.4, 0.5) is 11.4 Å². The van der Waals surface area contributed by atoms with Crippen LogP contribution in [-0.4, -0.2) is 0 Å². The summed E-state index contributed by atoms with van der Waals surface area (Å²) >= 11 is 9.49. The molecule has 3 rings (SSSR count). The van der Waals surface area contributed by atoms with Crippen molar-refractivity contribution in [2.45, 2.75) is 0 Å². The Morgan fingerprint density at radius 1 is 0.952 bits per heavy atom. The van der Waals surface area contributed by atoms with Crippen molar-refractivity contribution in [1.29, 1.82) is 5.26 Å². The summed E-state index contributed by atoms with van der Waals surface area (Å²) < 4.78 is 1.04. The zero-order chi connectivity index (χ0) is 14.8. The molecule has 0 unspecified atom stereocenters. The van der Waals surface area contributed by atoms with Crippen molar-refractivity contribution in [3.63, 3.8) is 0 Å². The van der Waals surface area contributed by atoms with Gasteiger partial charge in [0.05, 0.1) is 11.3 Å². The molecule has 0 saturated heterocycles. The number of hydrogen-bond acceptors (Lipinski definition) is 2. The Labute approximate surface area is 136 Å². The molecule has 0 aliphatic heterocycles. The Kier molecular flexibility index (Phi) is 3.83. The highest BCUT2D eigenvalue weighted by molar-refractivity contribution is 9.10. The van der Waals surface area contributed by atoms with Gasteiger partial charge in [-0.05, 0) is 35.7 Å². The van der Waals surface area contributed by atoms with Gasteiger partial charge in [0.25, 0.3) is 0 Å². The highest BCUT2D eigenvalue weighted by Crippen LogP contribution is 2.32. The van der Waals surface area contributed by atoms with E-state index >= 15 is 0 Å². The van der Waals surface area contributed by atoms with E-state index in [4.69, 9.17) is 11.6 Å². The van der Waals surface area contributed by atoms with Gasteiger partial charge in [-0.25, -0.2) is 0 Å². The van der Waals surface area contributed by atoms with Gasteiger partial charge in [0.15, 0.2) is 0 Å². The first-order chi connectivity index (χ1) is 10.2. The second kappa shape index (κ2) is 5.77. The largest absolute Gasteiger partial charge is 0.354 e. The van der Waals surface area contributed by atoms with Crippen LogP contribution in [0.3, 0.4) is 0 Å². The SMILES string of the molecule is N#Cc1cc(Cl)ccc1Nc1ccc(Br)c2ccccc12. The molecule has 3 aromatic carbocycles. The van der Waals surface area contributed by atoms with E-state index in [1.807, 2.05) is 36.4 Å². The van der Waals surface area contributed by atoms with Crippen LogP contribution >= 0.6 is 27.5 Å². The molecule has 0 saturated carbocycles. The monoisotopic (exact) mass is 356 g/mol. The molecule has 4 heteroatoms. The fourth-order valence-corrected chi connectivity index (χ4v) is 2.88. The normalized spacial score (nSPS) is 10.3. The molecule has 0 heterocycles. The standard InChI is InChI=1S/C17H10BrClN2/c18-15-6-8-17(14-4-2-1-3-13(14)15)21-16-7-5-12(19)9-11(16)10-20/h1-9,21H. The molecule has 0 amide bonds. The number of benzene rings is 3. The number of anilines is 2. The molecule has 0 fully saturated rings. The predicted octanol–water partition coefficient (Wildman–Crippen LogP) is 5.87. The molecule has 0 bridgehead atoms. The number of fused-ring (bicyclic) bond motifs is 1. The van der Waals surface area contributed by atoms with Crippen LogP contribution in [0.5, 0.6) is 0 Å². The van der Waals surface area contributed by atoms with Gasteiger partial charge in [0.1, 0.15) is 6.07 Å². The molecule has 0 aliphatic carbocycles. The molecule has 0 radical (unpaired) electrons. The zero-order valence-corrected chi connectivity index (χ0v) is 13.2. The van der Waals surface area contributed by atoms with Crippen molar-refractivity contribution < 1.29 is 0 Å². The Morgan fingerprint density at radius 2 is 1.67 bits per heavy atom. The predicted molar refractivity (Wildman–Crippen MR) is 91.1 cm³/mol. The molecule has 0 spiro atoms. The lowest BCUT2D eigenvalue weighted by atomic mass is 10.1. The topological polar surface area (TPSA) is 35.8 Å². The smallest absolute Gasteiger partial charge is 0.101 e. The summed E-state index contributed by atoms with van der Waals surface area (Å²) in [5, 5.41) is 15.3. The van der Waals surface area contributed by atoms with Gasteiger partial charge in [-0.3, -0.25) is 0 Å². The summed E-state index contributed by atoms with van der Waals surface area (Å²) in [5.41, 5.74) is 2.22. The van der Waals surface area contributed by atoms with Crippen molar-refractivity contribution in [2.75, 3.05) is 5.32 Å². The molecular formula is C17H10BrClN2. The van der Waals surface area contributed by atoms with Crippen molar-refractivity contribution in [1.82, 2.24) is 0 Å². The quantitative estimate of drug-likeness (QED) is 0.622. The van der Waals surface area contributed by atoms with Crippen molar-refractivity contribution in [3.05, 3.63) is 69.7 Å². The second-order valence-electron chi connectivity index (χ2n) is 4.57. The summed E-state index contributed by atoms with van der Waals surface area (Å²) in [6.07, 6.45) is 0. The molecule has 3 aromatic rings. The fourth-order valence-electron chi connectivity index (χ4n) is 2.23. The van der Waals surface area contributed by atoms with Gasteiger partial charge in [-0.15, -0.1) is 0 Å². The van der Waals surface area contributed by atoms with Crippen LogP contribution < -0.4 is 5.32 Å². The van der Waals surface area contributed by atoms with Crippen LogP contribution in [0.2, 0.25) is 5.02 Å². The maximum atomic E-state index is 9.22. The summed E-state index contributed by atoms with van der Waals surface area (Å²) in [6.45, 7) is 0. The average Bonchev–Trinajstić information content (AvgIpc) is 2.52. The van der Waals surface area contributed by atoms with Gasteiger partial charge in [0, 0.05) is 20.6 Å². The van der Waals surface area contributed by atoms with Gasteiger partial charge < -0.3 is 5.32 Å². The molecule has 0 aromatic heterocycles. The number of hydrogen-bond donors (Lipinski definition) is 1. The zero-order valence-electron chi connectivity index (χ0n) is 10.9. The van der Waals surface area contributed by atoms with Crippen LogP contribution in [0, 0.1) is 11.3 Å². The number of nitriles is 1. The van der Waals surface area contributed by atoms with E-state index in [0.717, 1.165) is 26.6 Å². The molecule has 21 heavy (non-hydrogen) atoms. The van der Waals surface area contributed by atoms with Crippen molar-refractivity contribution >= 4 is 49.7 Å². The van der Waals surface area contributed by atoms with Crippen LogP contribution in [0.15, 0.2) is 59.1 Å². The Morgan fingerprint density at radius 3 is 2.43 bits per heavy atom. The highest BCUT2D eigenvalue weighted by atomic mass is 79.9. The van der Waals surface area contributed by atoms with Gasteiger partial charge in [-0.1, -0.05) is 51.8 Å². The first kappa shape index (κ1) is 13.9. The van der Waals surface area contributed by atoms with E-state index in [9.17, 15) is 5.26 Å². The number of halogens is 2. The third-order valence-electron chi connectivity index (χ3n) is 3.24. The molecule has 0 aliphatic rings. The molecular weight excluding hydrogens is 348 g/mol. The number of nitrogens with one attached hydrogen (secondary N) is 1. The molecule has 0 atom stereocenters. The summed E-state index contributed by atoms with van der Waals surface area (Å²) in [4.78, 5) is 0. The van der Waals surface area contributed by atoms with E-state index in [1.165, 1.54) is 0 Å². The summed E-state index contributed by atoms with van der Waals surface area (Å²) in [7, 11) is 0. The van der Waals surface area contributed by atoms with Gasteiger partial charge >= 0.3 is 0 Å². The minimum absolute atomic E-state index is 0.523. The fraction of sp³-hybridized carbons (Fsp3) is 0. The van der Waals surface area contributed by atoms with E-state index < -0.39 is 0 Å². The van der Waals surface area contributed by atoms with E-state index in [2.05, 4.69) is 33.4 Å². The van der Waals surface area contributed by atoms with Crippen LogP contribution in [0.1, 0.15) is 5.56 Å². The number of nitrogens with zero attached hydrogens (tertiary/aromatic N) is 1. The van der Waals surface area contributed by atoms with E-state index in [-0.39, 0.29) is 0 Å². The lowest BCUT2D eigenvalue weighted by Gasteiger charge is -2.12. The lowest BCUT2D eigenvalue weighted by molar-refractivity contribution is 1.46. The lowest BCUT2D eigenvalue weighted by Crippen LogP contribution is -1.94. The average molecular weight is 358 g/mol. The summed E-state index contributed by atoms with van der Waals surface area (Å²) in [5.74, 6) is 0. The van der Waals surface area contributed by atoms with Crippen molar-refractivity contribution in [2.24, 2.45) is 0 Å². The Bertz CT molecular complexity index is 868. The molecule has 2 nitrogen and oxygen atoms in total. The third-order valence-corrected chi connectivity index (χ3v) is 4.17. The van der Waals surface area contributed by atoms with Crippen molar-refractivity contribution in [3.8, 4) is 6.07 Å². The van der Waals surface area contributed by atoms with Crippen LogP contribution in [0.25, 0.3) is 10.8 Å². The minimum atomic E-state index is 0.523. The number of rotatable bonds is 2. The molecule has 1 N–H and O–H groups in total. The minimum Gasteiger partial charge on any atom is -0.354 e. The summed E-state index contributed by atoms with van der Waals surface area (Å²) in [6, 6.07) is 19.5. The van der Waals surface area contributed by atoms with Gasteiger partial charge in [0.2, 0.25) is 0 Å². The maximum absolute atomic E-state index is 9.22. The Hall–Kier alpha value is -2.02. The first-order valence-electron chi connectivity index (χ1n) is 6.33. The first-order valence-corrected chi connectivity index (χ1v) is 7.50. The van der Waals surface area contributed by atoms with E-state index in [1.54, 1.807) is 12.1 Å². The molecule has 102 valence electrons. The Balaban J connectivity index is 2.11. The maximum Gasteiger partial charge on any atom is 0.101 e. The third kappa shape index (κ3) is 2.73. The van der Waals surface area contributed by atoms with Gasteiger partial charge in [-0.2, -0.15) is 5.26 Å². The second-order valence-corrected chi connectivity index (χ2v) is 5.86.